The number of carbonyl (C=O) groups excluding carboxylic acids is 3. The van der Waals surface area contributed by atoms with Gasteiger partial charge in [0.25, 0.3) is 0 Å². The van der Waals surface area contributed by atoms with E-state index < -0.39 is 12.2 Å². The molecule has 0 spiro atoms. The number of carbonyl (C=O) groups is 3. The van der Waals surface area contributed by atoms with E-state index in [0.717, 1.165) is 22.4 Å². The standard InChI is InChI=1S/C35H39ClN6O5.CH4/c1-2-14-40-24-33(44)41-31(19-25-8-11-28(43)12-9-25)34(45)39(22-27-10-13-29(36)30(20-27)38-15-17-47-18-16-38)23-32(41)42(40)35(46)37-21-26-6-4-3-5-7-26;/h2-13,20,31-32,43H,1,14-19,21-24H2,(H,37,46);1H4/t31-,32-;/m0./s1. The van der Waals surface area contributed by atoms with Crippen LogP contribution in [0.1, 0.15) is 24.1 Å². The zero-order valence-electron chi connectivity index (χ0n) is 26.1. The predicted octanol–water partition coefficient (Wildman–Crippen LogP) is 4.25. The monoisotopic (exact) mass is 674 g/mol. The first kappa shape index (κ1) is 34.7. The van der Waals surface area contributed by atoms with Crippen LogP contribution in [0.2, 0.25) is 5.02 Å². The van der Waals surface area contributed by atoms with Crippen molar-refractivity contribution in [3.8, 4) is 5.75 Å². The molecule has 0 unspecified atom stereocenters. The molecule has 3 aromatic carbocycles. The molecule has 12 heteroatoms. The van der Waals surface area contributed by atoms with Gasteiger partial charge in [0.2, 0.25) is 11.8 Å². The number of amides is 4. The zero-order chi connectivity index (χ0) is 32.9. The Bertz CT molecular complexity index is 1600. The molecule has 0 aliphatic carbocycles. The number of nitrogens with zero attached hydrogens (tertiary/aromatic N) is 5. The Hall–Kier alpha value is -4.58. The van der Waals surface area contributed by atoms with Gasteiger partial charge in [-0.3, -0.25) is 9.59 Å². The summed E-state index contributed by atoms with van der Waals surface area (Å²) in [6.45, 7) is 7.36. The third-order valence-electron chi connectivity index (χ3n) is 8.77. The number of benzene rings is 3. The van der Waals surface area contributed by atoms with Crippen LogP contribution in [0.25, 0.3) is 0 Å². The number of anilines is 1. The first-order chi connectivity index (χ1) is 22.8. The average molecular weight is 675 g/mol. The number of rotatable bonds is 9. The Morgan fingerprint density at radius 1 is 1.00 bits per heavy atom. The predicted molar refractivity (Wildman–Crippen MR) is 185 cm³/mol. The van der Waals surface area contributed by atoms with Crippen LogP contribution in [-0.4, -0.2) is 101 Å². The third kappa shape index (κ3) is 7.59. The fourth-order valence-electron chi connectivity index (χ4n) is 6.48. The van der Waals surface area contributed by atoms with Crippen LogP contribution in [0.3, 0.4) is 0 Å². The molecule has 2 N–H and O–H groups in total. The van der Waals surface area contributed by atoms with E-state index in [1.807, 2.05) is 48.5 Å². The molecule has 3 saturated heterocycles. The summed E-state index contributed by atoms with van der Waals surface area (Å²) in [7, 11) is 0. The number of hydrogen-bond acceptors (Lipinski definition) is 7. The topological polar surface area (TPSA) is 109 Å². The van der Waals surface area contributed by atoms with E-state index in [1.165, 1.54) is 0 Å². The quantitative estimate of drug-likeness (QED) is 0.327. The fraction of sp³-hybridized carbons (Fsp3) is 0.361. The first-order valence-corrected chi connectivity index (χ1v) is 16.2. The minimum absolute atomic E-state index is 0. The summed E-state index contributed by atoms with van der Waals surface area (Å²) in [5.41, 5.74) is 3.48. The van der Waals surface area contributed by atoms with E-state index in [9.17, 15) is 19.5 Å². The van der Waals surface area contributed by atoms with Crippen LogP contribution in [-0.2, 0) is 33.8 Å². The fourth-order valence-corrected chi connectivity index (χ4v) is 6.71. The smallest absolute Gasteiger partial charge is 0.334 e. The lowest BCUT2D eigenvalue weighted by Gasteiger charge is -2.55. The van der Waals surface area contributed by atoms with Gasteiger partial charge in [-0.25, -0.2) is 14.8 Å². The summed E-state index contributed by atoms with van der Waals surface area (Å²) in [5.74, 6) is -0.355. The van der Waals surface area contributed by atoms with Crippen LogP contribution in [0, 0.1) is 0 Å². The van der Waals surface area contributed by atoms with E-state index in [-0.39, 0.29) is 63.6 Å². The molecule has 3 aromatic rings. The number of fused-ring (bicyclic) bond motifs is 1. The van der Waals surface area contributed by atoms with Crippen LogP contribution in [0.4, 0.5) is 10.5 Å². The number of phenols is 1. The van der Waals surface area contributed by atoms with Crippen LogP contribution in [0.15, 0.2) is 85.5 Å². The van der Waals surface area contributed by atoms with Crippen LogP contribution >= 0.6 is 11.6 Å². The number of urea groups is 1. The van der Waals surface area contributed by atoms with Crippen molar-refractivity contribution in [1.29, 1.82) is 0 Å². The number of aromatic hydroxyl groups is 1. The largest absolute Gasteiger partial charge is 0.508 e. The summed E-state index contributed by atoms with van der Waals surface area (Å²) in [6, 6.07) is 20.7. The number of phenolic OH excluding ortho intramolecular Hbond substituents is 1. The number of piperazine rings is 1. The summed E-state index contributed by atoms with van der Waals surface area (Å²) in [5, 5.41) is 16.8. The Morgan fingerprint density at radius 3 is 2.42 bits per heavy atom. The SMILES string of the molecule is C.C=CCN1CC(=O)N2[C@@H](Cc3ccc(O)cc3)C(=O)N(Cc3ccc(Cl)c(N4CCOCC4)c3)C[C@@H]2N1C(=O)NCc1ccccc1. The van der Waals surface area contributed by atoms with Gasteiger partial charge in [-0.05, 0) is 41.0 Å². The normalized spacial score (nSPS) is 19.9. The molecule has 254 valence electrons. The second kappa shape index (κ2) is 15.5. The van der Waals surface area contributed by atoms with Crippen molar-refractivity contribution in [2.24, 2.45) is 0 Å². The molecule has 2 atom stereocenters. The highest BCUT2D eigenvalue weighted by Gasteiger charge is 2.51. The molecular formula is C36H43ClN6O5. The lowest BCUT2D eigenvalue weighted by molar-refractivity contribution is -0.189. The lowest BCUT2D eigenvalue weighted by Crippen LogP contribution is -2.76. The second-order valence-corrected chi connectivity index (χ2v) is 12.3. The molecule has 0 radical (unpaired) electrons. The highest BCUT2D eigenvalue weighted by molar-refractivity contribution is 6.33. The molecule has 3 aliphatic heterocycles. The Morgan fingerprint density at radius 2 is 1.71 bits per heavy atom. The van der Waals surface area contributed by atoms with Gasteiger partial charge < -0.3 is 29.9 Å². The molecule has 11 nitrogen and oxygen atoms in total. The van der Waals surface area contributed by atoms with Crippen molar-refractivity contribution >= 4 is 35.1 Å². The minimum atomic E-state index is -0.868. The highest BCUT2D eigenvalue weighted by Crippen LogP contribution is 2.32. The van der Waals surface area contributed by atoms with Crippen LogP contribution < -0.4 is 10.2 Å². The van der Waals surface area contributed by atoms with Crippen molar-refractivity contribution in [3.05, 3.63) is 107 Å². The van der Waals surface area contributed by atoms with Gasteiger partial charge in [-0.2, -0.15) is 0 Å². The number of hydrazine groups is 1. The maximum atomic E-state index is 14.3. The van der Waals surface area contributed by atoms with E-state index >= 15 is 0 Å². The van der Waals surface area contributed by atoms with Gasteiger partial charge in [0.05, 0.1) is 37.0 Å². The number of hydrogen-bond donors (Lipinski definition) is 2. The van der Waals surface area contributed by atoms with Crippen molar-refractivity contribution < 1.29 is 24.2 Å². The third-order valence-corrected chi connectivity index (χ3v) is 9.09. The molecule has 0 aromatic heterocycles. The van der Waals surface area contributed by atoms with E-state index in [0.29, 0.717) is 37.9 Å². The average Bonchev–Trinajstić information content (AvgIpc) is 3.08. The van der Waals surface area contributed by atoms with Gasteiger partial charge in [0.15, 0.2) is 0 Å². The lowest BCUT2D eigenvalue weighted by atomic mass is 9.98. The summed E-state index contributed by atoms with van der Waals surface area (Å²) >= 11 is 6.62. The Labute approximate surface area is 286 Å². The molecule has 3 heterocycles. The Balaban J connectivity index is 0.00000451. The van der Waals surface area contributed by atoms with Crippen LogP contribution in [0.5, 0.6) is 5.75 Å². The second-order valence-electron chi connectivity index (χ2n) is 11.9. The van der Waals surface area contributed by atoms with E-state index in [2.05, 4.69) is 16.8 Å². The van der Waals surface area contributed by atoms with Crippen molar-refractivity contribution in [1.82, 2.24) is 25.1 Å². The number of morpholine rings is 1. The first-order valence-electron chi connectivity index (χ1n) is 15.8. The molecular weight excluding hydrogens is 632 g/mol. The van der Waals surface area contributed by atoms with E-state index in [4.69, 9.17) is 16.3 Å². The molecule has 3 fully saturated rings. The molecule has 0 bridgehead atoms. The summed E-state index contributed by atoms with van der Waals surface area (Å²) in [4.78, 5) is 47.6. The van der Waals surface area contributed by atoms with Gasteiger partial charge in [-0.15, -0.1) is 6.58 Å². The summed E-state index contributed by atoms with van der Waals surface area (Å²) in [6.07, 6.45) is 1.11. The van der Waals surface area contributed by atoms with Crippen molar-refractivity contribution in [3.63, 3.8) is 0 Å². The molecule has 0 saturated carbocycles. The highest BCUT2D eigenvalue weighted by atomic mass is 35.5. The van der Waals surface area contributed by atoms with Crippen molar-refractivity contribution in [2.75, 3.05) is 50.8 Å². The summed E-state index contributed by atoms with van der Waals surface area (Å²) < 4.78 is 5.52. The minimum Gasteiger partial charge on any atom is -0.508 e. The number of ether oxygens (including phenoxy) is 1. The number of halogens is 1. The van der Waals surface area contributed by atoms with E-state index in [1.54, 1.807) is 50.2 Å². The maximum absolute atomic E-state index is 14.3. The van der Waals surface area contributed by atoms with Gasteiger partial charge in [-0.1, -0.05) is 73.6 Å². The van der Waals surface area contributed by atoms with Crippen molar-refractivity contribution in [2.45, 2.75) is 39.1 Å². The van der Waals surface area contributed by atoms with Gasteiger partial charge >= 0.3 is 6.03 Å². The molecule has 3 aliphatic rings. The Kier molecular flexibility index (Phi) is 11.3. The van der Waals surface area contributed by atoms with Gasteiger partial charge in [0.1, 0.15) is 18.0 Å². The molecule has 4 amide bonds. The molecule has 6 rings (SSSR count). The zero-order valence-corrected chi connectivity index (χ0v) is 26.9. The number of nitrogens with one attached hydrogen (secondary N) is 1. The maximum Gasteiger partial charge on any atom is 0.334 e. The van der Waals surface area contributed by atoms with Gasteiger partial charge in [0, 0.05) is 39.1 Å². The molecule has 48 heavy (non-hydrogen) atoms.